The van der Waals surface area contributed by atoms with Crippen LogP contribution in [0.2, 0.25) is 0 Å². The van der Waals surface area contributed by atoms with E-state index in [9.17, 15) is 9.59 Å². The predicted octanol–water partition coefficient (Wildman–Crippen LogP) is 2.73. The number of rotatable bonds is 8. The number of carbonyl (C=O) groups excluding carboxylic acids is 2. The van der Waals surface area contributed by atoms with Gasteiger partial charge in [-0.3, -0.25) is 9.59 Å². The van der Waals surface area contributed by atoms with Gasteiger partial charge >= 0.3 is 0 Å². The maximum absolute atomic E-state index is 12.4. The summed E-state index contributed by atoms with van der Waals surface area (Å²) in [6.45, 7) is 1.93. The third-order valence-corrected chi connectivity index (χ3v) is 3.98. The van der Waals surface area contributed by atoms with Gasteiger partial charge in [0, 0.05) is 19.5 Å². The van der Waals surface area contributed by atoms with Crippen LogP contribution in [0.1, 0.15) is 12.5 Å². The van der Waals surface area contributed by atoms with E-state index in [1.807, 2.05) is 30.3 Å². The van der Waals surface area contributed by atoms with E-state index in [1.165, 1.54) is 18.9 Å². The second-order valence-corrected chi connectivity index (χ2v) is 5.79. The fraction of sp³-hybridized carbons (Fsp3) is 0.300. The van der Waals surface area contributed by atoms with Crippen molar-refractivity contribution in [3.8, 4) is 11.5 Å². The first-order valence-electron chi connectivity index (χ1n) is 8.34. The molecule has 1 N–H and O–H groups in total. The first-order valence-corrected chi connectivity index (χ1v) is 8.34. The highest BCUT2D eigenvalue weighted by Gasteiger charge is 2.15. The van der Waals surface area contributed by atoms with E-state index >= 15 is 0 Å². The zero-order chi connectivity index (χ0) is 18.9. The van der Waals surface area contributed by atoms with Gasteiger partial charge in [0.25, 0.3) is 0 Å². The van der Waals surface area contributed by atoms with Gasteiger partial charge in [-0.2, -0.15) is 0 Å². The Morgan fingerprint density at radius 1 is 1.04 bits per heavy atom. The topological polar surface area (TPSA) is 67.9 Å². The second-order valence-electron chi connectivity index (χ2n) is 5.79. The summed E-state index contributed by atoms with van der Waals surface area (Å²) < 4.78 is 10.4. The van der Waals surface area contributed by atoms with E-state index in [0.717, 1.165) is 5.56 Å². The van der Waals surface area contributed by atoms with Gasteiger partial charge in [0.2, 0.25) is 11.8 Å². The molecule has 0 saturated carbocycles. The van der Waals surface area contributed by atoms with Gasteiger partial charge in [0.1, 0.15) is 11.5 Å². The summed E-state index contributed by atoms with van der Waals surface area (Å²) in [5.74, 6) is 0.707. The monoisotopic (exact) mass is 356 g/mol. The van der Waals surface area contributed by atoms with E-state index in [2.05, 4.69) is 5.32 Å². The van der Waals surface area contributed by atoms with Gasteiger partial charge in [-0.05, 0) is 24.1 Å². The van der Waals surface area contributed by atoms with Crippen LogP contribution in [-0.2, 0) is 16.0 Å². The van der Waals surface area contributed by atoms with Crippen LogP contribution in [0, 0.1) is 0 Å². The molecule has 0 spiro atoms. The van der Waals surface area contributed by atoms with Gasteiger partial charge in [0.15, 0.2) is 0 Å². The lowest BCUT2D eigenvalue weighted by atomic mass is 10.1. The Morgan fingerprint density at radius 3 is 2.38 bits per heavy atom. The summed E-state index contributed by atoms with van der Waals surface area (Å²) in [4.78, 5) is 25.8. The van der Waals surface area contributed by atoms with Crippen molar-refractivity contribution in [1.82, 2.24) is 4.90 Å². The average molecular weight is 356 g/mol. The Hall–Kier alpha value is -3.02. The number of ether oxygens (including phenoxy) is 2. The summed E-state index contributed by atoms with van der Waals surface area (Å²) in [6, 6.07) is 15.0. The molecule has 2 rings (SSSR count). The molecular weight excluding hydrogens is 332 g/mol. The van der Waals surface area contributed by atoms with Gasteiger partial charge in [-0.15, -0.1) is 0 Å². The summed E-state index contributed by atoms with van der Waals surface area (Å²) in [5, 5.41) is 2.78. The minimum absolute atomic E-state index is 0.0165. The van der Waals surface area contributed by atoms with Gasteiger partial charge < -0.3 is 19.7 Å². The first kappa shape index (κ1) is 19.3. The van der Waals surface area contributed by atoms with Gasteiger partial charge in [-0.1, -0.05) is 30.3 Å². The minimum Gasteiger partial charge on any atom is -0.497 e. The van der Waals surface area contributed by atoms with Crippen molar-refractivity contribution >= 4 is 17.5 Å². The molecule has 6 nitrogen and oxygen atoms in total. The maximum atomic E-state index is 12.4. The number of carbonyl (C=O) groups is 2. The zero-order valence-electron chi connectivity index (χ0n) is 15.3. The molecule has 0 aliphatic heterocycles. The normalized spacial score (nSPS) is 10.1. The van der Waals surface area contributed by atoms with Crippen LogP contribution in [0.15, 0.2) is 48.5 Å². The van der Waals surface area contributed by atoms with Gasteiger partial charge in [-0.25, -0.2) is 0 Å². The molecule has 0 aliphatic carbocycles. The SMILES string of the molecule is COc1ccc(NC(=O)CN(CCc2ccccc2)C(C)=O)c(OC)c1. The van der Waals surface area contributed by atoms with Crippen molar-refractivity contribution in [2.24, 2.45) is 0 Å². The molecule has 0 atom stereocenters. The number of methoxy groups -OCH3 is 2. The molecule has 0 fully saturated rings. The standard InChI is InChI=1S/C20H24N2O4/c1-15(23)22(12-11-16-7-5-4-6-8-16)14-20(24)21-18-10-9-17(25-2)13-19(18)26-3/h4-10,13H,11-12,14H2,1-3H3,(H,21,24). The molecule has 0 saturated heterocycles. The highest BCUT2D eigenvalue weighted by Crippen LogP contribution is 2.28. The van der Waals surface area contributed by atoms with Crippen molar-refractivity contribution in [3.63, 3.8) is 0 Å². The lowest BCUT2D eigenvalue weighted by Crippen LogP contribution is -2.38. The molecule has 2 amide bonds. The van der Waals surface area contributed by atoms with Crippen LogP contribution in [0.5, 0.6) is 11.5 Å². The third kappa shape index (κ3) is 5.51. The average Bonchev–Trinajstić information content (AvgIpc) is 2.66. The molecule has 2 aromatic carbocycles. The molecule has 0 radical (unpaired) electrons. The molecule has 0 heterocycles. The third-order valence-electron chi connectivity index (χ3n) is 3.98. The first-order chi connectivity index (χ1) is 12.5. The number of hydrogen-bond acceptors (Lipinski definition) is 4. The lowest BCUT2D eigenvalue weighted by Gasteiger charge is -2.21. The Morgan fingerprint density at radius 2 is 1.77 bits per heavy atom. The zero-order valence-corrected chi connectivity index (χ0v) is 15.3. The Kier molecular flexibility index (Phi) is 7.02. The largest absolute Gasteiger partial charge is 0.497 e. The Bertz CT molecular complexity index is 747. The fourth-order valence-corrected chi connectivity index (χ4v) is 2.52. The van der Waals surface area contributed by atoms with E-state index in [4.69, 9.17) is 9.47 Å². The quantitative estimate of drug-likeness (QED) is 0.790. The fourth-order valence-electron chi connectivity index (χ4n) is 2.52. The minimum atomic E-state index is -0.281. The summed E-state index contributed by atoms with van der Waals surface area (Å²) in [7, 11) is 3.08. The second kappa shape index (κ2) is 9.46. The Balaban J connectivity index is 1.98. The van der Waals surface area contributed by atoms with Crippen LogP contribution in [0.25, 0.3) is 0 Å². The molecule has 6 heteroatoms. The van der Waals surface area contributed by atoms with Crippen molar-refractivity contribution in [1.29, 1.82) is 0 Å². The summed E-state index contributed by atoms with van der Waals surface area (Å²) in [6.07, 6.45) is 0.694. The lowest BCUT2D eigenvalue weighted by molar-refractivity contribution is -0.132. The molecule has 138 valence electrons. The molecule has 0 bridgehead atoms. The number of amides is 2. The molecule has 0 aromatic heterocycles. The van der Waals surface area contributed by atoms with Crippen LogP contribution in [-0.4, -0.2) is 44.0 Å². The highest BCUT2D eigenvalue weighted by atomic mass is 16.5. The van der Waals surface area contributed by atoms with Crippen molar-refractivity contribution in [2.45, 2.75) is 13.3 Å². The van der Waals surface area contributed by atoms with Crippen molar-refractivity contribution in [2.75, 3.05) is 32.6 Å². The number of anilines is 1. The van der Waals surface area contributed by atoms with Crippen LogP contribution in [0.4, 0.5) is 5.69 Å². The highest BCUT2D eigenvalue weighted by molar-refractivity contribution is 5.95. The molecule has 26 heavy (non-hydrogen) atoms. The van der Waals surface area contributed by atoms with Crippen molar-refractivity contribution < 1.29 is 19.1 Å². The van der Waals surface area contributed by atoms with Gasteiger partial charge in [0.05, 0.1) is 26.5 Å². The Labute approximate surface area is 153 Å². The molecule has 2 aromatic rings. The maximum Gasteiger partial charge on any atom is 0.244 e. The molecule has 0 aliphatic rings. The summed E-state index contributed by atoms with van der Waals surface area (Å²) in [5.41, 5.74) is 1.65. The smallest absolute Gasteiger partial charge is 0.244 e. The molecule has 0 unspecified atom stereocenters. The number of nitrogens with zero attached hydrogens (tertiary/aromatic N) is 1. The van der Waals surface area contributed by atoms with E-state index in [0.29, 0.717) is 30.2 Å². The van der Waals surface area contributed by atoms with Crippen LogP contribution >= 0.6 is 0 Å². The van der Waals surface area contributed by atoms with E-state index in [1.54, 1.807) is 25.3 Å². The number of benzene rings is 2. The van der Waals surface area contributed by atoms with Crippen LogP contribution < -0.4 is 14.8 Å². The number of nitrogens with one attached hydrogen (secondary N) is 1. The predicted molar refractivity (Wildman–Crippen MR) is 101 cm³/mol. The van der Waals surface area contributed by atoms with E-state index < -0.39 is 0 Å². The molecular formula is C20H24N2O4. The summed E-state index contributed by atoms with van der Waals surface area (Å²) >= 11 is 0. The van der Waals surface area contributed by atoms with Crippen LogP contribution in [0.3, 0.4) is 0 Å². The number of hydrogen-bond donors (Lipinski definition) is 1. The van der Waals surface area contributed by atoms with E-state index in [-0.39, 0.29) is 18.4 Å². The van der Waals surface area contributed by atoms with Crippen molar-refractivity contribution in [3.05, 3.63) is 54.1 Å².